The second kappa shape index (κ2) is 7.27. The number of alkyl halides is 3. The smallest absolute Gasteiger partial charge is 0.304 e. The van der Waals surface area contributed by atoms with Crippen LogP contribution in [0.25, 0.3) is 0 Å². The van der Waals surface area contributed by atoms with Crippen molar-refractivity contribution in [1.82, 2.24) is 17.8 Å². The molecule has 0 N–H and O–H groups in total. The predicted octanol–water partition coefficient (Wildman–Crippen LogP) is -0.623. The minimum Gasteiger partial charge on any atom is -0.304 e. The van der Waals surface area contributed by atoms with E-state index in [2.05, 4.69) is 0 Å². The van der Waals surface area contributed by atoms with Crippen molar-refractivity contribution in [3.8, 4) is 0 Å². The molecule has 0 aliphatic carbocycles. The van der Waals surface area contributed by atoms with Crippen LogP contribution in [-0.4, -0.2) is 105 Å². The summed E-state index contributed by atoms with van der Waals surface area (Å²) in [7, 11) is -6.40. The van der Waals surface area contributed by atoms with Crippen molar-refractivity contribution in [3.63, 3.8) is 0 Å². The predicted molar refractivity (Wildman–Crippen MR) is 85.6 cm³/mol. The second-order valence-corrected chi connectivity index (χ2v) is 10.4. The molecule has 0 saturated carbocycles. The van der Waals surface area contributed by atoms with Crippen LogP contribution in [0.1, 0.15) is 6.92 Å². The maximum Gasteiger partial charge on any atom is 0.406 e. The summed E-state index contributed by atoms with van der Waals surface area (Å²) < 4.78 is 90.6. The van der Waals surface area contributed by atoms with Gasteiger partial charge in [0.1, 0.15) is 0 Å². The molecule has 0 aromatic carbocycles. The third-order valence-electron chi connectivity index (χ3n) is 4.58. The lowest BCUT2D eigenvalue weighted by Crippen LogP contribution is -2.58. The van der Waals surface area contributed by atoms with E-state index in [1.165, 1.54) is 4.31 Å². The fourth-order valence-corrected chi connectivity index (χ4v) is 5.76. The van der Waals surface area contributed by atoms with Crippen molar-refractivity contribution in [3.05, 3.63) is 0 Å². The molecule has 0 aromatic heterocycles. The summed E-state index contributed by atoms with van der Waals surface area (Å²) in [5.41, 5.74) is 0. The summed E-state index contributed by atoms with van der Waals surface area (Å²) in [4.78, 5) is 2.00. The second-order valence-electron chi connectivity index (χ2n) is 6.24. The molecular weight excluding hydrogens is 385 g/mol. The summed E-state index contributed by atoms with van der Waals surface area (Å²) in [5.74, 6) is 0. The molecule has 0 spiro atoms. The number of halogens is 3. The van der Waals surface area contributed by atoms with E-state index in [1.54, 1.807) is 0 Å². The van der Waals surface area contributed by atoms with E-state index in [-0.39, 0.29) is 26.2 Å². The first-order valence-corrected chi connectivity index (χ1v) is 10.8. The quantitative estimate of drug-likeness (QED) is 0.619. The average Bonchev–Trinajstić information content (AvgIpc) is 2.53. The van der Waals surface area contributed by atoms with E-state index < -0.39 is 31.7 Å². The van der Waals surface area contributed by atoms with Crippen molar-refractivity contribution in [2.45, 2.75) is 18.3 Å². The Balaban J connectivity index is 2.02. The summed E-state index contributed by atoms with van der Waals surface area (Å²) in [6.45, 7) is 1.59. The zero-order chi connectivity index (χ0) is 19.0. The third-order valence-corrected chi connectivity index (χ3v) is 8.86. The van der Waals surface area contributed by atoms with E-state index in [4.69, 9.17) is 0 Å². The Kier molecular flexibility index (Phi) is 6.06. The average molecular weight is 408 g/mol. The van der Waals surface area contributed by atoms with Gasteiger partial charge in [0.25, 0.3) is 10.2 Å². The van der Waals surface area contributed by atoms with Gasteiger partial charge in [-0.15, -0.1) is 0 Å². The van der Waals surface area contributed by atoms with Crippen molar-refractivity contribution in [2.24, 2.45) is 0 Å². The lowest BCUT2D eigenvalue weighted by atomic mass is 10.4. The third kappa shape index (κ3) is 4.45. The minimum atomic E-state index is -4.86. The topological polar surface area (TPSA) is 81.2 Å². The summed E-state index contributed by atoms with van der Waals surface area (Å²) >= 11 is 0. The molecule has 2 saturated heterocycles. The molecule has 2 aliphatic heterocycles. The first kappa shape index (κ1) is 20.8. The lowest BCUT2D eigenvalue weighted by Gasteiger charge is -2.39. The van der Waals surface area contributed by atoms with Crippen LogP contribution in [0, 0.1) is 0 Å². The highest BCUT2D eigenvalue weighted by molar-refractivity contribution is 7.89. The molecule has 2 fully saturated rings. The number of hydrogen-bond acceptors (Lipinski definition) is 5. The molecular formula is C12H23F3N4O4S2. The van der Waals surface area contributed by atoms with Gasteiger partial charge in [-0.2, -0.15) is 34.5 Å². The number of piperazine rings is 2. The van der Waals surface area contributed by atoms with Gasteiger partial charge in [-0.05, 0) is 14.0 Å². The largest absolute Gasteiger partial charge is 0.406 e. The van der Waals surface area contributed by atoms with Gasteiger partial charge in [-0.3, -0.25) is 0 Å². The van der Waals surface area contributed by atoms with E-state index in [0.717, 1.165) is 8.61 Å². The van der Waals surface area contributed by atoms with Gasteiger partial charge in [-0.1, -0.05) is 0 Å². The molecule has 13 heteroatoms. The van der Waals surface area contributed by atoms with Crippen LogP contribution in [-0.2, 0) is 20.2 Å². The molecule has 1 unspecified atom stereocenters. The van der Waals surface area contributed by atoms with Gasteiger partial charge < -0.3 is 4.90 Å². The van der Waals surface area contributed by atoms with E-state index in [0.29, 0.717) is 33.1 Å². The van der Waals surface area contributed by atoms with Crippen LogP contribution in [0.4, 0.5) is 13.2 Å². The van der Waals surface area contributed by atoms with Crippen LogP contribution >= 0.6 is 0 Å². The molecule has 25 heavy (non-hydrogen) atoms. The Morgan fingerprint density at radius 1 is 0.760 bits per heavy atom. The molecule has 8 nitrogen and oxygen atoms in total. The Hall–Kier alpha value is -0.470. The Morgan fingerprint density at radius 3 is 1.52 bits per heavy atom. The Bertz CT molecular complexity index is 667. The Morgan fingerprint density at radius 2 is 1.12 bits per heavy atom. The first-order valence-electron chi connectivity index (χ1n) is 7.86. The highest BCUT2D eigenvalue weighted by atomic mass is 32.2. The van der Waals surface area contributed by atoms with E-state index in [9.17, 15) is 30.0 Å². The number of hydrogen-bond donors (Lipinski definition) is 0. The standard InChI is InChI=1S/C12H23F3N4O4S2/c1-11(12(13,14)15)24(20,21)17-7-9-19(10-8-17)25(22,23)18-5-3-16(2)4-6-18/h11H,3-10H2,1-2H3. The molecule has 148 valence electrons. The van der Waals surface area contributed by atoms with Crippen molar-refractivity contribution >= 4 is 20.2 Å². The zero-order valence-corrected chi connectivity index (χ0v) is 15.7. The summed E-state index contributed by atoms with van der Waals surface area (Å²) in [5, 5.41) is -2.51. The van der Waals surface area contributed by atoms with Crippen LogP contribution in [0.5, 0.6) is 0 Å². The van der Waals surface area contributed by atoms with Gasteiger partial charge in [0.15, 0.2) is 5.25 Å². The minimum absolute atomic E-state index is 0.154. The number of nitrogens with zero attached hydrogens (tertiary/aromatic N) is 4. The molecule has 2 aliphatic rings. The molecule has 0 aromatic rings. The number of rotatable bonds is 4. The van der Waals surface area contributed by atoms with Gasteiger partial charge in [0.2, 0.25) is 10.0 Å². The SMILES string of the molecule is CC(C(F)(F)F)S(=O)(=O)N1CCN(S(=O)(=O)N2CCN(C)CC2)CC1. The lowest BCUT2D eigenvalue weighted by molar-refractivity contribution is -0.127. The van der Waals surface area contributed by atoms with Crippen LogP contribution in [0.2, 0.25) is 0 Å². The molecule has 0 amide bonds. The van der Waals surface area contributed by atoms with Crippen LogP contribution in [0.3, 0.4) is 0 Å². The maximum atomic E-state index is 12.7. The molecule has 0 radical (unpaired) electrons. The zero-order valence-electron chi connectivity index (χ0n) is 14.1. The van der Waals surface area contributed by atoms with Gasteiger partial charge in [0, 0.05) is 52.4 Å². The summed E-state index contributed by atoms with van der Waals surface area (Å²) in [6, 6.07) is 0. The number of likely N-dealkylation sites (N-methyl/N-ethyl adjacent to an activating group) is 1. The van der Waals surface area contributed by atoms with Crippen molar-refractivity contribution in [2.75, 3.05) is 59.4 Å². The summed E-state index contributed by atoms with van der Waals surface area (Å²) in [6.07, 6.45) is -4.86. The monoisotopic (exact) mass is 408 g/mol. The Labute approximate surface area is 146 Å². The highest BCUT2D eigenvalue weighted by Crippen LogP contribution is 2.28. The highest BCUT2D eigenvalue weighted by Gasteiger charge is 2.48. The first-order chi connectivity index (χ1) is 11.4. The van der Waals surface area contributed by atoms with Crippen molar-refractivity contribution in [1.29, 1.82) is 0 Å². The normalized spacial score (nSPS) is 25.2. The molecule has 2 rings (SSSR count). The van der Waals surface area contributed by atoms with Gasteiger partial charge >= 0.3 is 6.18 Å². The fraction of sp³-hybridized carbons (Fsp3) is 1.00. The molecule has 0 bridgehead atoms. The van der Waals surface area contributed by atoms with Crippen LogP contribution in [0.15, 0.2) is 0 Å². The maximum absolute atomic E-state index is 12.7. The van der Waals surface area contributed by atoms with E-state index >= 15 is 0 Å². The number of sulfonamides is 1. The fourth-order valence-electron chi connectivity index (χ4n) is 2.73. The van der Waals surface area contributed by atoms with Crippen molar-refractivity contribution < 1.29 is 30.0 Å². The van der Waals surface area contributed by atoms with Crippen LogP contribution < -0.4 is 0 Å². The molecule has 2 heterocycles. The van der Waals surface area contributed by atoms with Gasteiger partial charge in [0.05, 0.1) is 0 Å². The van der Waals surface area contributed by atoms with E-state index in [1.807, 2.05) is 11.9 Å². The molecule has 1 atom stereocenters. The van der Waals surface area contributed by atoms with Gasteiger partial charge in [-0.25, -0.2) is 8.42 Å².